The van der Waals surface area contributed by atoms with Crippen LogP contribution in [-0.2, 0) is 11.2 Å². The van der Waals surface area contributed by atoms with Crippen LogP contribution in [0.2, 0.25) is 0 Å². The number of carbonyl (C=O) groups excluding carboxylic acids is 1. The minimum absolute atomic E-state index is 0.0882. The molecule has 19 heavy (non-hydrogen) atoms. The summed E-state index contributed by atoms with van der Waals surface area (Å²) >= 11 is 0. The Morgan fingerprint density at radius 1 is 1.21 bits per heavy atom. The molecule has 3 heteroatoms. The van der Waals surface area contributed by atoms with Crippen LogP contribution in [0, 0.1) is 0 Å². The predicted octanol–water partition coefficient (Wildman–Crippen LogP) is 3.43. The highest BCUT2D eigenvalue weighted by molar-refractivity contribution is 5.76. The highest BCUT2D eigenvalue weighted by Gasteiger charge is 2.17. The molecule has 1 heterocycles. The molecule has 0 saturated carbocycles. The van der Waals surface area contributed by atoms with Crippen LogP contribution in [0.1, 0.15) is 30.7 Å². The molecule has 0 bridgehead atoms. The van der Waals surface area contributed by atoms with Gasteiger partial charge in [-0.1, -0.05) is 30.3 Å². The first-order valence-corrected chi connectivity index (χ1v) is 6.51. The molecule has 0 N–H and O–H groups in total. The van der Waals surface area contributed by atoms with Gasteiger partial charge in [-0.2, -0.15) is 0 Å². The molecule has 1 aromatic carbocycles. The number of benzene rings is 1. The van der Waals surface area contributed by atoms with E-state index in [4.69, 9.17) is 4.42 Å². The molecule has 1 aromatic heterocycles. The van der Waals surface area contributed by atoms with Gasteiger partial charge in [0, 0.05) is 19.9 Å². The van der Waals surface area contributed by atoms with E-state index >= 15 is 0 Å². The zero-order valence-electron chi connectivity index (χ0n) is 11.4. The van der Waals surface area contributed by atoms with E-state index in [1.54, 1.807) is 11.2 Å². The molecule has 0 aliphatic carbocycles. The van der Waals surface area contributed by atoms with Crippen molar-refractivity contribution in [2.45, 2.75) is 25.8 Å². The van der Waals surface area contributed by atoms with E-state index in [-0.39, 0.29) is 11.9 Å². The fraction of sp³-hybridized carbons (Fsp3) is 0.312. The van der Waals surface area contributed by atoms with Gasteiger partial charge in [-0.15, -0.1) is 0 Å². The van der Waals surface area contributed by atoms with E-state index in [0.29, 0.717) is 12.8 Å². The van der Waals surface area contributed by atoms with E-state index in [0.717, 1.165) is 11.3 Å². The minimum atomic E-state index is 0.0882. The van der Waals surface area contributed by atoms with Crippen LogP contribution < -0.4 is 0 Å². The van der Waals surface area contributed by atoms with Crippen LogP contribution >= 0.6 is 0 Å². The van der Waals surface area contributed by atoms with Gasteiger partial charge in [0.15, 0.2) is 0 Å². The summed E-state index contributed by atoms with van der Waals surface area (Å²) in [4.78, 5) is 13.9. The molecule has 0 fully saturated rings. The number of rotatable bonds is 5. The first-order chi connectivity index (χ1) is 9.18. The first kappa shape index (κ1) is 13.4. The lowest BCUT2D eigenvalue weighted by atomic mass is 10.1. The Morgan fingerprint density at radius 3 is 2.58 bits per heavy atom. The normalized spacial score (nSPS) is 12.1. The van der Waals surface area contributed by atoms with Gasteiger partial charge in [0.25, 0.3) is 0 Å². The Morgan fingerprint density at radius 2 is 1.95 bits per heavy atom. The Labute approximate surface area is 113 Å². The fourth-order valence-electron chi connectivity index (χ4n) is 2.03. The van der Waals surface area contributed by atoms with Crippen LogP contribution in [0.15, 0.2) is 53.1 Å². The standard InChI is InChI=1S/C16H19NO2/c1-13(14-7-4-3-5-8-14)17(2)16(18)11-10-15-9-6-12-19-15/h3-9,12-13H,10-11H2,1-2H3. The van der Waals surface area contributed by atoms with Crippen molar-refractivity contribution in [1.29, 1.82) is 0 Å². The number of hydrogen-bond donors (Lipinski definition) is 0. The van der Waals surface area contributed by atoms with Crippen LogP contribution in [-0.4, -0.2) is 17.9 Å². The van der Waals surface area contributed by atoms with E-state index in [1.807, 2.05) is 56.4 Å². The van der Waals surface area contributed by atoms with Crippen molar-refractivity contribution < 1.29 is 9.21 Å². The molecule has 2 rings (SSSR count). The molecule has 3 nitrogen and oxygen atoms in total. The number of amides is 1. The highest BCUT2D eigenvalue weighted by Crippen LogP contribution is 2.19. The van der Waals surface area contributed by atoms with Gasteiger partial charge in [0.05, 0.1) is 12.3 Å². The van der Waals surface area contributed by atoms with Crippen LogP contribution in [0.3, 0.4) is 0 Å². The van der Waals surface area contributed by atoms with Crippen molar-refractivity contribution in [2.75, 3.05) is 7.05 Å². The zero-order chi connectivity index (χ0) is 13.7. The SMILES string of the molecule is CC(c1ccccc1)N(C)C(=O)CCc1ccco1. The van der Waals surface area contributed by atoms with E-state index in [9.17, 15) is 4.79 Å². The Bertz CT molecular complexity index is 505. The molecule has 1 amide bonds. The maximum Gasteiger partial charge on any atom is 0.223 e. The summed E-state index contributed by atoms with van der Waals surface area (Å²) in [5.74, 6) is 0.988. The molecule has 2 aromatic rings. The minimum Gasteiger partial charge on any atom is -0.469 e. The summed E-state index contributed by atoms with van der Waals surface area (Å²) in [5, 5.41) is 0. The monoisotopic (exact) mass is 257 g/mol. The summed E-state index contributed by atoms with van der Waals surface area (Å²) in [7, 11) is 1.85. The Balaban J connectivity index is 1.91. The van der Waals surface area contributed by atoms with Crippen LogP contribution in [0.5, 0.6) is 0 Å². The van der Waals surface area contributed by atoms with Crippen LogP contribution in [0.25, 0.3) is 0 Å². The van der Waals surface area contributed by atoms with Gasteiger partial charge < -0.3 is 9.32 Å². The molecule has 0 aliphatic heterocycles. The van der Waals surface area contributed by atoms with E-state index < -0.39 is 0 Å². The number of nitrogens with zero attached hydrogens (tertiary/aromatic N) is 1. The quantitative estimate of drug-likeness (QED) is 0.822. The average Bonchev–Trinajstić information content (AvgIpc) is 2.97. The molecule has 1 atom stereocenters. The molecular formula is C16H19NO2. The van der Waals surface area contributed by atoms with Gasteiger partial charge >= 0.3 is 0 Å². The number of aryl methyl sites for hydroxylation is 1. The van der Waals surface area contributed by atoms with Gasteiger partial charge in [-0.25, -0.2) is 0 Å². The molecule has 100 valence electrons. The summed E-state index contributed by atoms with van der Waals surface area (Å²) in [5.41, 5.74) is 1.15. The van der Waals surface area contributed by atoms with Crippen molar-refractivity contribution in [1.82, 2.24) is 4.90 Å². The van der Waals surface area contributed by atoms with Gasteiger partial charge in [0.2, 0.25) is 5.91 Å². The zero-order valence-corrected chi connectivity index (χ0v) is 11.4. The number of carbonyl (C=O) groups is 1. The smallest absolute Gasteiger partial charge is 0.223 e. The van der Waals surface area contributed by atoms with Crippen molar-refractivity contribution in [3.05, 3.63) is 60.1 Å². The summed E-state index contributed by atoms with van der Waals surface area (Å²) < 4.78 is 5.24. The van der Waals surface area contributed by atoms with Crippen molar-refractivity contribution in [3.63, 3.8) is 0 Å². The third-order valence-electron chi connectivity index (χ3n) is 3.42. The topological polar surface area (TPSA) is 33.5 Å². The molecule has 0 radical (unpaired) electrons. The lowest BCUT2D eigenvalue weighted by Gasteiger charge is -2.25. The van der Waals surface area contributed by atoms with Crippen LogP contribution in [0.4, 0.5) is 0 Å². The second kappa shape index (κ2) is 6.23. The molecule has 0 spiro atoms. The molecule has 0 saturated heterocycles. The average molecular weight is 257 g/mol. The summed E-state index contributed by atoms with van der Waals surface area (Å²) in [6, 6.07) is 13.9. The van der Waals surface area contributed by atoms with E-state index in [1.165, 1.54) is 0 Å². The number of hydrogen-bond acceptors (Lipinski definition) is 2. The maximum atomic E-state index is 12.1. The number of furan rings is 1. The Hall–Kier alpha value is -2.03. The summed E-state index contributed by atoms with van der Waals surface area (Å²) in [6.07, 6.45) is 2.76. The predicted molar refractivity (Wildman–Crippen MR) is 74.7 cm³/mol. The van der Waals surface area contributed by atoms with Crippen molar-refractivity contribution >= 4 is 5.91 Å². The fourth-order valence-corrected chi connectivity index (χ4v) is 2.03. The highest BCUT2D eigenvalue weighted by atomic mass is 16.3. The Kier molecular flexibility index (Phi) is 4.39. The second-order valence-electron chi connectivity index (χ2n) is 4.67. The van der Waals surface area contributed by atoms with Gasteiger partial charge in [0.1, 0.15) is 5.76 Å². The first-order valence-electron chi connectivity index (χ1n) is 6.51. The lowest BCUT2D eigenvalue weighted by molar-refractivity contribution is -0.131. The van der Waals surface area contributed by atoms with Gasteiger partial charge in [-0.05, 0) is 24.6 Å². The summed E-state index contributed by atoms with van der Waals surface area (Å²) in [6.45, 7) is 2.04. The molecule has 0 aliphatic rings. The maximum absolute atomic E-state index is 12.1. The second-order valence-corrected chi connectivity index (χ2v) is 4.67. The van der Waals surface area contributed by atoms with Gasteiger partial charge in [-0.3, -0.25) is 4.79 Å². The third-order valence-corrected chi connectivity index (χ3v) is 3.42. The third kappa shape index (κ3) is 3.47. The molecule has 1 unspecified atom stereocenters. The van der Waals surface area contributed by atoms with Crippen molar-refractivity contribution in [3.8, 4) is 0 Å². The molecular weight excluding hydrogens is 238 g/mol. The largest absolute Gasteiger partial charge is 0.469 e. The van der Waals surface area contributed by atoms with Crippen molar-refractivity contribution in [2.24, 2.45) is 0 Å². The van der Waals surface area contributed by atoms with E-state index in [2.05, 4.69) is 0 Å². The lowest BCUT2D eigenvalue weighted by Crippen LogP contribution is -2.29.